The Hall–Kier alpha value is -1.33. The standard InChI is InChI=1S/C12H16N4S/c1-3-9-4-5-10(14-7-9)6-11(13-2)12-8-17-16-15-12/h4-5,7-8,11,13H,3,6H2,1-2H3. The molecule has 0 bridgehead atoms. The molecular weight excluding hydrogens is 232 g/mol. The smallest absolute Gasteiger partial charge is 0.0928 e. The van der Waals surface area contributed by atoms with Crippen LogP contribution in [0.1, 0.15) is 29.9 Å². The fourth-order valence-electron chi connectivity index (χ4n) is 1.67. The number of aromatic nitrogens is 3. The van der Waals surface area contributed by atoms with Crippen LogP contribution in [0.15, 0.2) is 23.7 Å². The molecule has 0 amide bonds. The maximum absolute atomic E-state index is 4.46. The van der Waals surface area contributed by atoms with Crippen molar-refractivity contribution in [1.82, 2.24) is 19.9 Å². The van der Waals surface area contributed by atoms with Gasteiger partial charge in [0.25, 0.3) is 0 Å². The fourth-order valence-corrected chi connectivity index (χ4v) is 2.18. The lowest BCUT2D eigenvalue weighted by atomic mass is 10.1. The molecule has 2 aromatic heterocycles. The molecule has 0 spiro atoms. The summed E-state index contributed by atoms with van der Waals surface area (Å²) in [5.41, 5.74) is 3.33. The second-order valence-electron chi connectivity index (χ2n) is 3.89. The van der Waals surface area contributed by atoms with Crippen molar-refractivity contribution in [1.29, 1.82) is 0 Å². The van der Waals surface area contributed by atoms with E-state index in [0.717, 1.165) is 24.2 Å². The van der Waals surface area contributed by atoms with Crippen LogP contribution in [0, 0.1) is 0 Å². The van der Waals surface area contributed by atoms with E-state index >= 15 is 0 Å². The highest BCUT2D eigenvalue weighted by Crippen LogP contribution is 2.16. The molecule has 90 valence electrons. The van der Waals surface area contributed by atoms with Crippen LogP contribution in [0.25, 0.3) is 0 Å². The number of hydrogen-bond donors (Lipinski definition) is 1. The van der Waals surface area contributed by atoms with E-state index in [-0.39, 0.29) is 6.04 Å². The SMILES string of the molecule is CCc1ccc(CC(NC)c2csnn2)nc1. The van der Waals surface area contributed by atoms with Gasteiger partial charge in [-0.3, -0.25) is 4.98 Å². The van der Waals surface area contributed by atoms with Gasteiger partial charge in [-0.15, -0.1) is 5.10 Å². The summed E-state index contributed by atoms with van der Waals surface area (Å²) in [6.07, 6.45) is 3.81. The first-order valence-electron chi connectivity index (χ1n) is 5.71. The van der Waals surface area contributed by atoms with E-state index in [1.54, 1.807) is 0 Å². The van der Waals surface area contributed by atoms with Gasteiger partial charge in [-0.25, -0.2) is 0 Å². The molecule has 0 aliphatic rings. The van der Waals surface area contributed by atoms with Crippen molar-refractivity contribution in [2.45, 2.75) is 25.8 Å². The van der Waals surface area contributed by atoms with E-state index in [1.165, 1.54) is 17.1 Å². The molecule has 2 heterocycles. The van der Waals surface area contributed by atoms with Crippen molar-refractivity contribution in [3.8, 4) is 0 Å². The second kappa shape index (κ2) is 5.84. The molecule has 0 radical (unpaired) electrons. The van der Waals surface area contributed by atoms with Crippen LogP contribution >= 0.6 is 11.5 Å². The summed E-state index contributed by atoms with van der Waals surface area (Å²) >= 11 is 1.38. The Morgan fingerprint density at radius 1 is 1.41 bits per heavy atom. The molecule has 4 nitrogen and oxygen atoms in total. The number of likely N-dealkylation sites (N-methyl/N-ethyl adjacent to an activating group) is 1. The van der Waals surface area contributed by atoms with Gasteiger partial charge in [-0.2, -0.15) is 0 Å². The maximum atomic E-state index is 4.46. The molecule has 2 aromatic rings. The number of aryl methyl sites for hydroxylation is 1. The number of rotatable bonds is 5. The molecule has 1 N–H and O–H groups in total. The molecule has 0 aliphatic heterocycles. The van der Waals surface area contributed by atoms with Gasteiger partial charge in [0.1, 0.15) is 0 Å². The Labute approximate surface area is 105 Å². The lowest BCUT2D eigenvalue weighted by Crippen LogP contribution is -2.19. The lowest BCUT2D eigenvalue weighted by molar-refractivity contribution is 0.567. The van der Waals surface area contributed by atoms with E-state index in [4.69, 9.17) is 0 Å². The molecule has 0 saturated heterocycles. The predicted octanol–water partition coefficient (Wildman–Crippen LogP) is 2.00. The third-order valence-electron chi connectivity index (χ3n) is 2.79. The zero-order valence-corrected chi connectivity index (χ0v) is 10.9. The highest BCUT2D eigenvalue weighted by Gasteiger charge is 2.13. The van der Waals surface area contributed by atoms with Crippen molar-refractivity contribution < 1.29 is 0 Å². The molecule has 0 fully saturated rings. The third-order valence-corrected chi connectivity index (χ3v) is 3.31. The summed E-state index contributed by atoms with van der Waals surface area (Å²) in [5.74, 6) is 0. The Balaban J connectivity index is 2.07. The molecule has 1 unspecified atom stereocenters. The van der Waals surface area contributed by atoms with Gasteiger partial charge >= 0.3 is 0 Å². The van der Waals surface area contributed by atoms with Crippen molar-refractivity contribution in [3.05, 3.63) is 40.7 Å². The summed E-state index contributed by atoms with van der Waals surface area (Å²) in [6.45, 7) is 2.13. The van der Waals surface area contributed by atoms with Gasteiger partial charge in [0.05, 0.1) is 11.7 Å². The van der Waals surface area contributed by atoms with E-state index in [0.29, 0.717) is 0 Å². The highest BCUT2D eigenvalue weighted by molar-refractivity contribution is 7.03. The molecule has 17 heavy (non-hydrogen) atoms. The number of nitrogens with zero attached hydrogens (tertiary/aromatic N) is 3. The molecular formula is C12H16N4S. The summed E-state index contributed by atoms with van der Waals surface area (Å²) in [6, 6.07) is 4.41. The molecule has 1 atom stereocenters. The minimum Gasteiger partial charge on any atom is -0.311 e. The van der Waals surface area contributed by atoms with Gasteiger partial charge in [0, 0.05) is 23.7 Å². The van der Waals surface area contributed by atoms with Crippen LogP contribution in [0.2, 0.25) is 0 Å². The van der Waals surface area contributed by atoms with Crippen molar-refractivity contribution in [2.75, 3.05) is 7.05 Å². The zero-order chi connectivity index (χ0) is 12.1. The summed E-state index contributed by atoms with van der Waals surface area (Å²) in [5, 5.41) is 9.32. The Morgan fingerprint density at radius 3 is 2.82 bits per heavy atom. The van der Waals surface area contributed by atoms with Crippen molar-refractivity contribution in [3.63, 3.8) is 0 Å². The molecule has 0 aliphatic carbocycles. The number of nitrogens with one attached hydrogen (secondary N) is 1. The van der Waals surface area contributed by atoms with Gasteiger partial charge in [-0.05, 0) is 36.6 Å². The largest absolute Gasteiger partial charge is 0.311 e. The van der Waals surface area contributed by atoms with Gasteiger partial charge in [-0.1, -0.05) is 17.5 Å². The summed E-state index contributed by atoms with van der Waals surface area (Å²) in [4.78, 5) is 4.46. The maximum Gasteiger partial charge on any atom is 0.0928 e. The number of hydrogen-bond acceptors (Lipinski definition) is 5. The zero-order valence-electron chi connectivity index (χ0n) is 10.1. The predicted molar refractivity (Wildman–Crippen MR) is 69.0 cm³/mol. The van der Waals surface area contributed by atoms with Crippen LogP contribution in [0.3, 0.4) is 0 Å². The average Bonchev–Trinajstić information content (AvgIpc) is 2.90. The monoisotopic (exact) mass is 248 g/mol. The average molecular weight is 248 g/mol. The minimum atomic E-state index is 0.189. The fraction of sp³-hybridized carbons (Fsp3) is 0.417. The van der Waals surface area contributed by atoms with Gasteiger partial charge in [0.15, 0.2) is 0 Å². The Morgan fingerprint density at radius 2 is 2.29 bits per heavy atom. The van der Waals surface area contributed by atoms with Crippen LogP contribution in [0.4, 0.5) is 0 Å². The van der Waals surface area contributed by atoms with Crippen LogP contribution in [-0.2, 0) is 12.8 Å². The molecule has 2 rings (SSSR count). The Bertz CT molecular complexity index is 438. The van der Waals surface area contributed by atoms with E-state index in [1.807, 2.05) is 18.6 Å². The van der Waals surface area contributed by atoms with Crippen LogP contribution in [0.5, 0.6) is 0 Å². The number of pyridine rings is 1. The first-order chi connectivity index (χ1) is 8.33. The van der Waals surface area contributed by atoms with Crippen LogP contribution in [-0.4, -0.2) is 21.6 Å². The minimum absolute atomic E-state index is 0.189. The molecule has 0 aromatic carbocycles. The normalized spacial score (nSPS) is 12.6. The van der Waals surface area contributed by atoms with Gasteiger partial charge < -0.3 is 5.32 Å². The quantitative estimate of drug-likeness (QED) is 0.879. The Kier molecular flexibility index (Phi) is 4.17. The van der Waals surface area contributed by atoms with E-state index in [2.05, 4.69) is 38.9 Å². The summed E-state index contributed by atoms with van der Waals surface area (Å²) < 4.78 is 3.89. The van der Waals surface area contributed by atoms with Crippen molar-refractivity contribution >= 4 is 11.5 Å². The molecule has 0 saturated carbocycles. The highest BCUT2D eigenvalue weighted by atomic mass is 32.1. The second-order valence-corrected chi connectivity index (χ2v) is 4.50. The summed E-state index contributed by atoms with van der Waals surface area (Å²) in [7, 11) is 1.93. The molecule has 5 heteroatoms. The first kappa shape index (κ1) is 12.1. The van der Waals surface area contributed by atoms with Gasteiger partial charge in [0.2, 0.25) is 0 Å². The first-order valence-corrected chi connectivity index (χ1v) is 6.55. The third kappa shape index (κ3) is 3.08. The van der Waals surface area contributed by atoms with E-state index in [9.17, 15) is 0 Å². The van der Waals surface area contributed by atoms with Crippen LogP contribution < -0.4 is 5.32 Å². The lowest BCUT2D eigenvalue weighted by Gasteiger charge is -2.12. The van der Waals surface area contributed by atoms with Crippen molar-refractivity contribution in [2.24, 2.45) is 0 Å². The van der Waals surface area contributed by atoms with E-state index < -0.39 is 0 Å². The topological polar surface area (TPSA) is 50.7 Å².